The van der Waals surface area contributed by atoms with Crippen LogP contribution in [0, 0.1) is 11.8 Å². The molecule has 2 rings (SSSR count). The summed E-state index contributed by atoms with van der Waals surface area (Å²) in [6.45, 7) is 1.42. The molecule has 5 nitrogen and oxygen atoms in total. The maximum atomic E-state index is 12.3. The van der Waals surface area contributed by atoms with E-state index in [0.717, 1.165) is 32.1 Å². The Balaban J connectivity index is 1.75. The lowest BCUT2D eigenvalue weighted by Crippen LogP contribution is -2.23. The lowest BCUT2D eigenvalue weighted by Gasteiger charge is -2.17. The van der Waals surface area contributed by atoms with Gasteiger partial charge in [0, 0.05) is 19.4 Å². The number of carbonyl (C=O) groups is 1. The van der Waals surface area contributed by atoms with Gasteiger partial charge in [-0.05, 0) is 37.1 Å². The molecule has 1 aliphatic heterocycles. The average Bonchev–Trinajstić information content (AvgIpc) is 3.25. The molecule has 1 atom stereocenters. The summed E-state index contributed by atoms with van der Waals surface area (Å²) in [5, 5.41) is 8.75. The van der Waals surface area contributed by atoms with Gasteiger partial charge < -0.3 is 19.3 Å². The molecule has 0 aromatic heterocycles. The fraction of sp³-hybridized carbons (Fsp3) is 0.542. The number of benzene rings is 1. The Morgan fingerprint density at radius 2 is 1.79 bits per heavy atom. The highest BCUT2D eigenvalue weighted by atomic mass is 16.7. The first-order valence-electron chi connectivity index (χ1n) is 10.5. The Kier molecular flexibility index (Phi) is 11.8. The van der Waals surface area contributed by atoms with Crippen molar-refractivity contribution in [1.29, 1.82) is 0 Å². The molecular weight excluding hydrogens is 368 g/mol. The molecule has 29 heavy (non-hydrogen) atoms. The van der Waals surface area contributed by atoms with E-state index in [1.54, 1.807) is 24.3 Å². The Hall–Kier alpha value is -2.13. The number of unbranched alkanes of at least 4 members (excludes halogenated alkanes) is 6. The Bertz CT molecular complexity index is 653. The number of hydrogen-bond donors (Lipinski definition) is 1. The molecule has 0 spiro atoms. The van der Waals surface area contributed by atoms with Crippen LogP contribution in [-0.2, 0) is 14.2 Å². The van der Waals surface area contributed by atoms with Crippen LogP contribution in [0.2, 0.25) is 0 Å². The number of hydrogen-bond acceptors (Lipinski definition) is 5. The topological polar surface area (TPSA) is 65.0 Å². The summed E-state index contributed by atoms with van der Waals surface area (Å²) in [6, 6.07) is 8.94. The Labute approximate surface area is 174 Å². The second-order valence-corrected chi connectivity index (χ2v) is 6.99. The van der Waals surface area contributed by atoms with Crippen molar-refractivity contribution in [2.45, 2.75) is 63.8 Å². The molecule has 0 bridgehead atoms. The van der Waals surface area contributed by atoms with E-state index in [1.807, 2.05) is 18.2 Å². The Morgan fingerprint density at radius 1 is 1.10 bits per heavy atom. The van der Waals surface area contributed by atoms with Crippen LogP contribution in [-0.4, -0.2) is 43.3 Å². The molecule has 0 saturated carbocycles. The Morgan fingerprint density at radius 3 is 2.52 bits per heavy atom. The van der Waals surface area contributed by atoms with Crippen molar-refractivity contribution in [3.05, 3.63) is 48.0 Å². The number of aliphatic hydroxyl groups excluding tert-OH is 1. The van der Waals surface area contributed by atoms with Crippen LogP contribution in [0.5, 0.6) is 0 Å². The normalized spacial score (nSPS) is 15.2. The van der Waals surface area contributed by atoms with Crippen LogP contribution in [0.15, 0.2) is 42.5 Å². The van der Waals surface area contributed by atoms with Crippen LogP contribution >= 0.6 is 0 Å². The first-order valence-corrected chi connectivity index (χ1v) is 10.5. The van der Waals surface area contributed by atoms with Gasteiger partial charge in [-0.2, -0.15) is 0 Å². The van der Waals surface area contributed by atoms with Gasteiger partial charge >= 0.3 is 5.97 Å². The summed E-state index contributed by atoms with van der Waals surface area (Å²) in [5.74, 6) is 5.80. The first kappa shape index (κ1) is 23.2. The first-order chi connectivity index (χ1) is 14.3. The lowest BCUT2D eigenvalue weighted by molar-refractivity contribution is -0.0669. The van der Waals surface area contributed by atoms with E-state index in [0.29, 0.717) is 31.8 Å². The molecule has 1 aliphatic rings. The molecule has 1 unspecified atom stereocenters. The maximum absolute atomic E-state index is 12.3. The summed E-state index contributed by atoms with van der Waals surface area (Å²) >= 11 is 0. The van der Waals surface area contributed by atoms with Crippen LogP contribution in [0.1, 0.15) is 61.7 Å². The van der Waals surface area contributed by atoms with Gasteiger partial charge in [-0.1, -0.05) is 55.7 Å². The molecule has 0 radical (unpaired) electrons. The van der Waals surface area contributed by atoms with Gasteiger partial charge in [-0.25, -0.2) is 4.79 Å². The van der Waals surface area contributed by atoms with Gasteiger partial charge in [-0.3, -0.25) is 0 Å². The number of aliphatic hydroxyl groups is 1. The zero-order chi connectivity index (χ0) is 20.6. The quantitative estimate of drug-likeness (QED) is 0.323. The maximum Gasteiger partial charge on any atom is 0.338 e. The standard InChI is InChI=1S/C24H32O5/c25-17-13-8-6-4-2-1-3-5-7-12-16-22(20-23-27-18-19-28-23)29-24(26)21-14-10-9-11-15-21/h9-12,14-16,22-23,25H,1-4,6,8,13,17-20H2/b16-12+. The van der Waals surface area contributed by atoms with E-state index in [4.69, 9.17) is 19.3 Å². The summed E-state index contributed by atoms with van der Waals surface area (Å²) in [4.78, 5) is 12.3. The number of rotatable bonds is 12. The fourth-order valence-corrected chi connectivity index (χ4v) is 3.00. The van der Waals surface area contributed by atoms with Gasteiger partial charge in [0.1, 0.15) is 6.10 Å². The molecule has 1 saturated heterocycles. The van der Waals surface area contributed by atoms with E-state index in [2.05, 4.69) is 11.8 Å². The molecule has 1 aromatic carbocycles. The highest BCUT2D eigenvalue weighted by Crippen LogP contribution is 2.15. The minimum Gasteiger partial charge on any atom is -0.454 e. The van der Waals surface area contributed by atoms with E-state index in [9.17, 15) is 4.79 Å². The molecule has 0 aliphatic carbocycles. The summed E-state index contributed by atoms with van der Waals surface area (Å²) in [7, 11) is 0. The largest absolute Gasteiger partial charge is 0.454 e. The van der Waals surface area contributed by atoms with Crippen molar-refractivity contribution >= 4 is 5.97 Å². The van der Waals surface area contributed by atoms with Crippen LogP contribution < -0.4 is 0 Å². The van der Waals surface area contributed by atoms with Crippen LogP contribution in [0.4, 0.5) is 0 Å². The molecule has 1 fully saturated rings. The van der Waals surface area contributed by atoms with Crippen molar-refractivity contribution in [3.63, 3.8) is 0 Å². The number of carbonyl (C=O) groups excluding carboxylic acids is 1. The molecule has 158 valence electrons. The van der Waals surface area contributed by atoms with Gasteiger partial charge in [0.15, 0.2) is 6.29 Å². The van der Waals surface area contributed by atoms with Crippen molar-refractivity contribution in [2.24, 2.45) is 0 Å². The molecule has 1 aromatic rings. The van der Waals surface area contributed by atoms with E-state index in [1.165, 1.54) is 12.8 Å². The van der Waals surface area contributed by atoms with Gasteiger partial charge in [0.2, 0.25) is 0 Å². The molecular formula is C24H32O5. The predicted molar refractivity (Wildman–Crippen MR) is 112 cm³/mol. The highest BCUT2D eigenvalue weighted by molar-refractivity contribution is 5.89. The van der Waals surface area contributed by atoms with Gasteiger partial charge in [0.25, 0.3) is 0 Å². The average molecular weight is 401 g/mol. The zero-order valence-electron chi connectivity index (χ0n) is 17.1. The molecule has 1 heterocycles. The smallest absolute Gasteiger partial charge is 0.338 e. The molecule has 5 heteroatoms. The molecule has 0 amide bonds. The predicted octanol–water partition coefficient (Wildman–Crippen LogP) is 4.26. The fourth-order valence-electron chi connectivity index (χ4n) is 3.00. The summed E-state index contributed by atoms with van der Waals surface area (Å²) in [5.41, 5.74) is 0.518. The summed E-state index contributed by atoms with van der Waals surface area (Å²) in [6.07, 6.45) is 10.7. The number of esters is 1. The minimum atomic E-state index is -0.452. The lowest BCUT2D eigenvalue weighted by atomic mass is 10.1. The third-order valence-corrected chi connectivity index (χ3v) is 4.59. The van der Waals surface area contributed by atoms with Crippen molar-refractivity contribution in [3.8, 4) is 11.8 Å². The third kappa shape index (κ3) is 10.3. The highest BCUT2D eigenvalue weighted by Gasteiger charge is 2.23. The van der Waals surface area contributed by atoms with Crippen molar-refractivity contribution in [1.82, 2.24) is 0 Å². The van der Waals surface area contributed by atoms with Crippen LogP contribution in [0.25, 0.3) is 0 Å². The van der Waals surface area contributed by atoms with E-state index in [-0.39, 0.29) is 12.3 Å². The van der Waals surface area contributed by atoms with Crippen LogP contribution in [0.3, 0.4) is 0 Å². The van der Waals surface area contributed by atoms with Gasteiger partial charge in [0.05, 0.1) is 18.8 Å². The number of allylic oxidation sites excluding steroid dienone is 1. The van der Waals surface area contributed by atoms with Crippen molar-refractivity contribution in [2.75, 3.05) is 19.8 Å². The summed E-state index contributed by atoms with van der Waals surface area (Å²) < 4.78 is 16.6. The van der Waals surface area contributed by atoms with E-state index < -0.39 is 6.10 Å². The number of ether oxygens (including phenoxy) is 3. The van der Waals surface area contributed by atoms with Gasteiger partial charge in [-0.15, -0.1) is 0 Å². The third-order valence-electron chi connectivity index (χ3n) is 4.59. The van der Waals surface area contributed by atoms with E-state index >= 15 is 0 Å². The minimum absolute atomic E-state index is 0.290. The second kappa shape index (κ2) is 14.8. The second-order valence-electron chi connectivity index (χ2n) is 6.99. The van der Waals surface area contributed by atoms with Crippen molar-refractivity contribution < 1.29 is 24.1 Å². The SMILES string of the molecule is O=C(OC(/C=C/C#CCCCCCCCCO)CC1OCCO1)c1ccccc1. The zero-order valence-corrected chi connectivity index (χ0v) is 17.1. The molecule has 1 N–H and O–H groups in total. The monoisotopic (exact) mass is 400 g/mol.